The van der Waals surface area contributed by atoms with E-state index in [-0.39, 0.29) is 0 Å². The Morgan fingerprint density at radius 1 is 1.57 bits per heavy atom. The molecule has 0 atom stereocenters. The van der Waals surface area contributed by atoms with Crippen LogP contribution in [0.1, 0.15) is 18.6 Å². The van der Waals surface area contributed by atoms with Crippen molar-refractivity contribution in [1.29, 1.82) is 0 Å². The fraction of sp³-hybridized carbons (Fsp3) is 0.778. The predicted octanol–water partition coefficient (Wildman–Crippen LogP) is 0.0356. The number of likely N-dealkylation sites (N-methyl/N-ethyl adjacent to an activating group) is 1. The molecule has 1 saturated heterocycles. The fourth-order valence-corrected chi connectivity index (χ4v) is 1.44. The van der Waals surface area contributed by atoms with Gasteiger partial charge in [-0.1, -0.05) is 12.1 Å². The van der Waals surface area contributed by atoms with E-state index in [9.17, 15) is 0 Å². The molecule has 0 spiro atoms. The second-order valence-corrected chi connectivity index (χ2v) is 3.69. The van der Waals surface area contributed by atoms with Crippen molar-refractivity contribution in [2.75, 3.05) is 20.1 Å². The molecule has 2 heterocycles. The maximum absolute atomic E-state index is 5.04. The molecule has 5 nitrogen and oxygen atoms in total. The normalized spacial score (nSPS) is 17.4. The third kappa shape index (κ3) is 1.93. The van der Waals surface area contributed by atoms with E-state index in [1.54, 1.807) is 0 Å². The van der Waals surface area contributed by atoms with Gasteiger partial charge in [-0.2, -0.15) is 4.98 Å². The molecule has 2 rings (SSSR count). The second kappa shape index (κ2) is 4.06. The molecule has 1 aromatic heterocycles. The van der Waals surface area contributed by atoms with E-state index < -0.39 is 0 Å². The molecular weight excluding hydrogens is 180 g/mol. The number of rotatable bonds is 4. The average Bonchev–Trinajstić information content (AvgIpc) is 2.48. The smallest absolute Gasteiger partial charge is 0.226 e. The van der Waals surface area contributed by atoms with Crippen molar-refractivity contribution >= 4 is 0 Å². The summed E-state index contributed by atoms with van der Waals surface area (Å²) in [5.41, 5.74) is 0. The van der Waals surface area contributed by atoms with Crippen molar-refractivity contribution in [2.24, 2.45) is 0 Å². The van der Waals surface area contributed by atoms with Crippen molar-refractivity contribution in [3.63, 3.8) is 0 Å². The highest BCUT2D eigenvalue weighted by Crippen LogP contribution is 2.07. The van der Waals surface area contributed by atoms with E-state index in [4.69, 9.17) is 4.52 Å². The molecule has 1 N–H and O–H groups in total. The summed E-state index contributed by atoms with van der Waals surface area (Å²) < 4.78 is 5.04. The van der Waals surface area contributed by atoms with Crippen LogP contribution in [0, 0.1) is 0 Å². The van der Waals surface area contributed by atoms with Crippen LogP contribution >= 0.6 is 0 Å². The lowest BCUT2D eigenvalue weighted by Gasteiger charge is -2.34. The fourth-order valence-electron chi connectivity index (χ4n) is 1.44. The van der Waals surface area contributed by atoms with Gasteiger partial charge < -0.3 is 9.84 Å². The van der Waals surface area contributed by atoms with Crippen LogP contribution in [-0.4, -0.2) is 41.2 Å². The first-order valence-electron chi connectivity index (χ1n) is 5.02. The molecule has 5 heteroatoms. The van der Waals surface area contributed by atoms with Gasteiger partial charge in [0.25, 0.3) is 0 Å². The summed E-state index contributed by atoms with van der Waals surface area (Å²) in [5, 5.41) is 7.16. The number of hydrogen-bond donors (Lipinski definition) is 1. The lowest BCUT2D eigenvalue weighted by atomic mass is 10.1. The van der Waals surface area contributed by atoms with Crippen LogP contribution in [0.5, 0.6) is 0 Å². The molecule has 0 unspecified atom stereocenters. The molecule has 0 aliphatic carbocycles. The monoisotopic (exact) mass is 196 g/mol. The lowest BCUT2D eigenvalue weighted by Crippen LogP contribution is -2.55. The van der Waals surface area contributed by atoms with Crippen LogP contribution in [0.25, 0.3) is 0 Å². The van der Waals surface area contributed by atoms with E-state index in [2.05, 4.69) is 27.4 Å². The lowest BCUT2D eigenvalue weighted by molar-refractivity contribution is 0.168. The van der Waals surface area contributed by atoms with Crippen molar-refractivity contribution in [3.8, 4) is 0 Å². The standard InChI is InChI=1S/C9H16N4O/c1-3-9-11-8(12-14-9)6-13(2)7-4-10-5-7/h7,10H,3-6H2,1-2H3. The van der Waals surface area contributed by atoms with Gasteiger partial charge in [-0.15, -0.1) is 0 Å². The Bertz CT molecular complexity index is 295. The highest BCUT2D eigenvalue weighted by molar-refractivity contribution is 4.89. The van der Waals surface area contributed by atoms with Gasteiger partial charge in [0.2, 0.25) is 5.89 Å². The van der Waals surface area contributed by atoms with Crippen LogP contribution in [0.4, 0.5) is 0 Å². The van der Waals surface area contributed by atoms with Gasteiger partial charge in [-0.05, 0) is 7.05 Å². The van der Waals surface area contributed by atoms with Gasteiger partial charge in [0.1, 0.15) is 0 Å². The SMILES string of the molecule is CCc1nc(CN(C)C2CNC2)no1. The van der Waals surface area contributed by atoms with Gasteiger partial charge in [-0.25, -0.2) is 0 Å². The number of aromatic nitrogens is 2. The Morgan fingerprint density at radius 2 is 2.36 bits per heavy atom. The van der Waals surface area contributed by atoms with Gasteiger partial charge >= 0.3 is 0 Å². The zero-order valence-corrected chi connectivity index (χ0v) is 8.66. The third-order valence-electron chi connectivity index (χ3n) is 2.59. The topological polar surface area (TPSA) is 54.2 Å². The number of nitrogens with zero attached hydrogens (tertiary/aromatic N) is 3. The first-order chi connectivity index (χ1) is 6.79. The van der Waals surface area contributed by atoms with Crippen LogP contribution < -0.4 is 5.32 Å². The molecule has 0 amide bonds. The highest BCUT2D eigenvalue weighted by Gasteiger charge is 2.22. The minimum Gasteiger partial charge on any atom is -0.339 e. The van der Waals surface area contributed by atoms with Crippen molar-refractivity contribution in [2.45, 2.75) is 25.9 Å². The van der Waals surface area contributed by atoms with E-state index in [1.165, 1.54) is 0 Å². The molecule has 1 fully saturated rings. The van der Waals surface area contributed by atoms with Crippen molar-refractivity contribution in [3.05, 3.63) is 11.7 Å². The van der Waals surface area contributed by atoms with E-state index in [0.717, 1.165) is 37.8 Å². The summed E-state index contributed by atoms with van der Waals surface area (Å²) in [6.07, 6.45) is 0.807. The van der Waals surface area contributed by atoms with Crippen LogP contribution in [0.15, 0.2) is 4.52 Å². The maximum Gasteiger partial charge on any atom is 0.226 e. The number of aryl methyl sites for hydroxylation is 1. The second-order valence-electron chi connectivity index (χ2n) is 3.69. The molecule has 14 heavy (non-hydrogen) atoms. The summed E-state index contributed by atoms with van der Waals surface area (Å²) in [6, 6.07) is 0.624. The van der Waals surface area contributed by atoms with Gasteiger partial charge in [0.05, 0.1) is 6.54 Å². The van der Waals surface area contributed by atoms with E-state index >= 15 is 0 Å². The molecule has 1 aromatic rings. The van der Waals surface area contributed by atoms with Gasteiger partial charge in [-0.3, -0.25) is 4.90 Å². The highest BCUT2D eigenvalue weighted by atomic mass is 16.5. The first-order valence-corrected chi connectivity index (χ1v) is 5.02. The summed E-state index contributed by atoms with van der Waals surface area (Å²) in [5.74, 6) is 1.51. The third-order valence-corrected chi connectivity index (χ3v) is 2.59. The number of hydrogen-bond acceptors (Lipinski definition) is 5. The molecule has 1 aliphatic heterocycles. The van der Waals surface area contributed by atoms with Crippen molar-refractivity contribution < 1.29 is 4.52 Å². The van der Waals surface area contributed by atoms with E-state index in [0.29, 0.717) is 6.04 Å². The summed E-state index contributed by atoms with van der Waals surface area (Å²) >= 11 is 0. The van der Waals surface area contributed by atoms with Gasteiger partial charge in [0.15, 0.2) is 5.82 Å². The van der Waals surface area contributed by atoms with Gasteiger partial charge in [0, 0.05) is 25.6 Å². The zero-order chi connectivity index (χ0) is 9.97. The predicted molar refractivity (Wildman–Crippen MR) is 51.8 cm³/mol. The Labute approximate surface area is 83.5 Å². The minimum atomic E-state index is 0.624. The zero-order valence-electron chi connectivity index (χ0n) is 8.66. The molecule has 0 bridgehead atoms. The molecular formula is C9H16N4O. The summed E-state index contributed by atoms with van der Waals surface area (Å²) in [4.78, 5) is 6.52. The average molecular weight is 196 g/mol. The molecule has 0 aromatic carbocycles. The molecule has 78 valence electrons. The van der Waals surface area contributed by atoms with Crippen LogP contribution in [0.2, 0.25) is 0 Å². The molecule has 1 aliphatic rings. The van der Waals surface area contributed by atoms with E-state index in [1.807, 2.05) is 6.92 Å². The Morgan fingerprint density at radius 3 is 2.86 bits per heavy atom. The molecule has 0 saturated carbocycles. The number of nitrogens with one attached hydrogen (secondary N) is 1. The first kappa shape index (κ1) is 9.61. The minimum absolute atomic E-state index is 0.624. The molecule has 0 radical (unpaired) electrons. The Balaban J connectivity index is 1.89. The summed E-state index contributed by atoms with van der Waals surface area (Å²) in [6.45, 7) is 4.91. The van der Waals surface area contributed by atoms with Crippen LogP contribution in [-0.2, 0) is 13.0 Å². The Hall–Kier alpha value is -0.940. The largest absolute Gasteiger partial charge is 0.339 e. The quantitative estimate of drug-likeness (QED) is 0.736. The Kier molecular flexibility index (Phi) is 2.79. The van der Waals surface area contributed by atoms with Crippen LogP contribution in [0.3, 0.4) is 0 Å². The van der Waals surface area contributed by atoms with Crippen molar-refractivity contribution in [1.82, 2.24) is 20.4 Å². The summed E-state index contributed by atoms with van der Waals surface area (Å²) in [7, 11) is 2.09. The maximum atomic E-state index is 5.04.